The summed E-state index contributed by atoms with van der Waals surface area (Å²) in [5.74, 6) is 1.44. The third-order valence-electron chi connectivity index (χ3n) is 5.79. The molecule has 0 unspecified atom stereocenters. The Morgan fingerprint density at radius 3 is 2.81 bits per heavy atom. The Labute approximate surface area is 157 Å². The van der Waals surface area contributed by atoms with Crippen molar-refractivity contribution in [2.75, 3.05) is 7.11 Å². The highest BCUT2D eigenvalue weighted by Gasteiger charge is 2.21. The molecule has 0 aliphatic heterocycles. The molecule has 5 rings (SSSR count). The van der Waals surface area contributed by atoms with Crippen molar-refractivity contribution in [3.05, 3.63) is 42.0 Å². The topological polar surface area (TPSA) is 68.1 Å². The van der Waals surface area contributed by atoms with Crippen molar-refractivity contribution in [2.24, 2.45) is 0 Å². The van der Waals surface area contributed by atoms with Crippen LogP contribution < -0.4 is 4.74 Å². The second-order valence-electron chi connectivity index (χ2n) is 7.48. The first-order valence-electron chi connectivity index (χ1n) is 9.61. The Bertz CT molecular complexity index is 1120. The highest BCUT2D eigenvalue weighted by Crippen LogP contribution is 2.39. The van der Waals surface area contributed by atoms with Gasteiger partial charge in [-0.3, -0.25) is 5.10 Å². The van der Waals surface area contributed by atoms with E-state index in [2.05, 4.69) is 38.5 Å². The lowest BCUT2D eigenvalue weighted by atomic mass is 9.85. The van der Waals surface area contributed by atoms with Gasteiger partial charge in [0.2, 0.25) is 0 Å². The van der Waals surface area contributed by atoms with Crippen LogP contribution in [0.4, 0.5) is 0 Å². The van der Waals surface area contributed by atoms with Gasteiger partial charge < -0.3 is 4.74 Å². The fourth-order valence-electron chi connectivity index (χ4n) is 4.40. The molecule has 6 heteroatoms. The highest BCUT2D eigenvalue weighted by molar-refractivity contribution is 5.90. The third kappa shape index (κ3) is 2.67. The normalized spacial score (nSPS) is 15.6. The minimum absolute atomic E-state index is 0.577. The van der Waals surface area contributed by atoms with E-state index in [1.807, 2.05) is 17.6 Å². The number of hydrogen-bond acceptors (Lipinski definition) is 4. The van der Waals surface area contributed by atoms with E-state index in [9.17, 15) is 0 Å². The molecule has 4 aromatic rings. The zero-order valence-electron chi connectivity index (χ0n) is 15.7. The lowest BCUT2D eigenvalue weighted by Crippen LogP contribution is -2.05. The van der Waals surface area contributed by atoms with Crippen LogP contribution in [0, 0.1) is 6.92 Å². The summed E-state index contributed by atoms with van der Waals surface area (Å²) in [5.41, 5.74) is 6.27. The van der Waals surface area contributed by atoms with Crippen LogP contribution in [-0.4, -0.2) is 31.9 Å². The quantitative estimate of drug-likeness (QED) is 0.577. The molecule has 0 amide bonds. The molecule has 1 saturated carbocycles. The van der Waals surface area contributed by atoms with E-state index < -0.39 is 0 Å². The third-order valence-corrected chi connectivity index (χ3v) is 5.79. The molecule has 0 atom stereocenters. The predicted molar refractivity (Wildman–Crippen MR) is 105 cm³/mol. The average Bonchev–Trinajstić information content (AvgIpc) is 3.34. The minimum atomic E-state index is 0.577. The van der Waals surface area contributed by atoms with Gasteiger partial charge in [-0.2, -0.15) is 10.2 Å². The van der Waals surface area contributed by atoms with E-state index in [4.69, 9.17) is 4.74 Å². The SMILES string of the molecule is COc1cc2c(C3CCCCC3)[nH]nc2cc1-c1cc(C)c2ncnn2c1. The Morgan fingerprint density at radius 1 is 1.15 bits per heavy atom. The van der Waals surface area contributed by atoms with E-state index in [-0.39, 0.29) is 0 Å². The van der Waals surface area contributed by atoms with Crippen molar-refractivity contribution in [2.45, 2.75) is 44.9 Å². The lowest BCUT2D eigenvalue weighted by molar-refractivity contribution is 0.416. The number of aromatic nitrogens is 5. The van der Waals surface area contributed by atoms with Crippen molar-refractivity contribution in [1.82, 2.24) is 24.8 Å². The van der Waals surface area contributed by atoms with Crippen LogP contribution in [0.5, 0.6) is 5.75 Å². The first kappa shape index (κ1) is 16.3. The van der Waals surface area contributed by atoms with Crippen LogP contribution in [0.25, 0.3) is 27.7 Å². The Morgan fingerprint density at radius 2 is 2.00 bits per heavy atom. The van der Waals surface area contributed by atoms with Gasteiger partial charge in [0, 0.05) is 34.3 Å². The summed E-state index contributed by atoms with van der Waals surface area (Å²) >= 11 is 0. The molecule has 0 saturated heterocycles. The van der Waals surface area contributed by atoms with Crippen LogP contribution in [0.1, 0.15) is 49.3 Å². The second kappa shape index (κ2) is 6.37. The highest BCUT2D eigenvalue weighted by atomic mass is 16.5. The fraction of sp³-hybridized carbons (Fsp3) is 0.381. The molecule has 27 heavy (non-hydrogen) atoms. The molecular weight excluding hydrogens is 338 g/mol. The van der Waals surface area contributed by atoms with E-state index >= 15 is 0 Å². The summed E-state index contributed by atoms with van der Waals surface area (Å²) in [6.45, 7) is 2.05. The predicted octanol–water partition coefficient (Wildman–Crippen LogP) is 4.64. The summed E-state index contributed by atoms with van der Waals surface area (Å²) in [5, 5.41) is 13.4. The summed E-state index contributed by atoms with van der Waals surface area (Å²) in [6, 6.07) is 6.38. The van der Waals surface area contributed by atoms with Crippen LogP contribution in [0.3, 0.4) is 0 Å². The first-order chi connectivity index (χ1) is 13.2. The second-order valence-corrected chi connectivity index (χ2v) is 7.48. The zero-order valence-corrected chi connectivity index (χ0v) is 15.7. The molecule has 1 aliphatic rings. The number of rotatable bonds is 3. The number of pyridine rings is 1. The van der Waals surface area contributed by atoms with Gasteiger partial charge in [-0.15, -0.1) is 0 Å². The van der Waals surface area contributed by atoms with Crippen LogP contribution in [0.15, 0.2) is 30.7 Å². The maximum Gasteiger partial charge on any atom is 0.158 e. The largest absolute Gasteiger partial charge is 0.496 e. The van der Waals surface area contributed by atoms with Gasteiger partial charge >= 0.3 is 0 Å². The monoisotopic (exact) mass is 361 g/mol. The maximum absolute atomic E-state index is 5.77. The van der Waals surface area contributed by atoms with Crippen LogP contribution >= 0.6 is 0 Å². The number of fused-ring (bicyclic) bond motifs is 2. The van der Waals surface area contributed by atoms with Crippen molar-refractivity contribution in [3.63, 3.8) is 0 Å². The Kier molecular flexibility index (Phi) is 3.85. The number of aryl methyl sites for hydroxylation is 1. The van der Waals surface area contributed by atoms with Crippen molar-refractivity contribution in [1.29, 1.82) is 0 Å². The number of H-pyrrole nitrogens is 1. The zero-order chi connectivity index (χ0) is 18.4. The summed E-state index contributed by atoms with van der Waals surface area (Å²) in [7, 11) is 1.73. The van der Waals surface area contributed by atoms with Gasteiger partial charge in [-0.25, -0.2) is 9.50 Å². The number of nitrogens with one attached hydrogen (secondary N) is 1. The number of ether oxygens (including phenoxy) is 1. The van der Waals surface area contributed by atoms with Gasteiger partial charge in [0.05, 0.1) is 12.6 Å². The maximum atomic E-state index is 5.77. The number of hydrogen-bond donors (Lipinski definition) is 1. The van der Waals surface area contributed by atoms with Gasteiger partial charge in [0.1, 0.15) is 12.1 Å². The van der Waals surface area contributed by atoms with Crippen molar-refractivity contribution in [3.8, 4) is 16.9 Å². The molecule has 0 bridgehead atoms. The number of aromatic amines is 1. The average molecular weight is 361 g/mol. The molecular formula is C21H23N5O. The number of benzene rings is 1. The molecule has 0 radical (unpaired) electrons. The molecule has 0 spiro atoms. The Balaban J connectivity index is 1.66. The minimum Gasteiger partial charge on any atom is -0.496 e. The number of nitrogens with zero attached hydrogens (tertiary/aromatic N) is 4. The number of methoxy groups -OCH3 is 1. The van der Waals surface area contributed by atoms with E-state index in [1.54, 1.807) is 13.4 Å². The molecule has 3 aromatic heterocycles. The van der Waals surface area contributed by atoms with Crippen LogP contribution in [0.2, 0.25) is 0 Å². The van der Waals surface area contributed by atoms with E-state index in [1.165, 1.54) is 43.2 Å². The van der Waals surface area contributed by atoms with Gasteiger partial charge in [-0.05, 0) is 43.5 Å². The lowest BCUT2D eigenvalue weighted by Gasteiger charge is -2.20. The molecule has 138 valence electrons. The van der Waals surface area contributed by atoms with Crippen molar-refractivity contribution >= 4 is 16.6 Å². The molecule has 1 fully saturated rings. The molecule has 1 N–H and O–H groups in total. The van der Waals surface area contributed by atoms with E-state index in [0.717, 1.165) is 33.6 Å². The summed E-state index contributed by atoms with van der Waals surface area (Å²) in [6.07, 6.45) is 10.0. The standard InChI is InChI=1S/C21H23N5O/c1-13-8-15(11-26-21(13)22-12-23-26)16-9-18-17(10-19(16)27-2)20(25-24-18)14-6-4-3-5-7-14/h8-12,14H,3-7H2,1-2H3,(H,24,25). The van der Waals surface area contributed by atoms with Crippen LogP contribution in [-0.2, 0) is 0 Å². The molecule has 6 nitrogen and oxygen atoms in total. The molecule has 3 heterocycles. The molecule has 1 aromatic carbocycles. The smallest absolute Gasteiger partial charge is 0.158 e. The Hall–Kier alpha value is -2.89. The van der Waals surface area contributed by atoms with Gasteiger partial charge in [-0.1, -0.05) is 19.3 Å². The summed E-state index contributed by atoms with van der Waals surface area (Å²) in [4.78, 5) is 4.30. The van der Waals surface area contributed by atoms with Gasteiger partial charge in [0.15, 0.2) is 5.65 Å². The van der Waals surface area contributed by atoms with E-state index in [0.29, 0.717) is 5.92 Å². The van der Waals surface area contributed by atoms with Crippen molar-refractivity contribution < 1.29 is 4.74 Å². The van der Waals surface area contributed by atoms with Gasteiger partial charge in [0.25, 0.3) is 0 Å². The first-order valence-corrected chi connectivity index (χ1v) is 9.61. The fourth-order valence-corrected chi connectivity index (χ4v) is 4.40. The summed E-state index contributed by atoms with van der Waals surface area (Å²) < 4.78 is 7.58. The molecule has 1 aliphatic carbocycles.